The quantitative estimate of drug-likeness (QED) is 0.672. The third-order valence-electron chi connectivity index (χ3n) is 3.17. The number of nitrogens with two attached hydrogens (primary N) is 1. The van der Waals surface area contributed by atoms with Crippen molar-refractivity contribution < 1.29 is 5.11 Å². The van der Waals surface area contributed by atoms with E-state index in [-0.39, 0.29) is 6.04 Å². The summed E-state index contributed by atoms with van der Waals surface area (Å²) >= 11 is 0. The van der Waals surface area contributed by atoms with E-state index in [9.17, 15) is 5.11 Å². The number of hydrogen-bond donors (Lipinski definition) is 3. The molecule has 4 N–H and O–H groups in total. The standard InChI is InChI=1S/C10H17N3O/c11-9(7-3-1-2-4-7)10(14)8-5-12-13-6-8/h5-7,9-10,14H,1-4,11H2,(H,12,13). The second kappa shape index (κ2) is 4.11. The number of hydrogen-bond acceptors (Lipinski definition) is 3. The lowest BCUT2D eigenvalue weighted by Crippen LogP contribution is -2.34. The third-order valence-corrected chi connectivity index (χ3v) is 3.17. The average molecular weight is 195 g/mol. The predicted octanol–water partition coefficient (Wildman–Crippen LogP) is 0.961. The maximum Gasteiger partial charge on any atom is 0.0973 e. The maximum atomic E-state index is 9.95. The Bertz CT molecular complexity index is 267. The molecule has 78 valence electrons. The highest BCUT2D eigenvalue weighted by Gasteiger charge is 2.28. The number of nitrogens with zero attached hydrogens (tertiary/aromatic N) is 1. The summed E-state index contributed by atoms with van der Waals surface area (Å²) in [6, 6.07) is -0.143. The zero-order chi connectivity index (χ0) is 9.97. The fraction of sp³-hybridized carbons (Fsp3) is 0.700. The Hall–Kier alpha value is -0.870. The van der Waals surface area contributed by atoms with Gasteiger partial charge in [-0.25, -0.2) is 0 Å². The molecular weight excluding hydrogens is 178 g/mol. The van der Waals surface area contributed by atoms with Crippen molar-refractivity contribution in [3.8, 4) is 0 Å². The van der Waals surface area contributed by atoms with E-state index in [1.807, 2.05) is 0 Å². The van der Waals surface area contributed by atoms with E-state index in [4.69, 9.17) is 5.73 Å². The minimum absolute atomic E-state index is 0.143. The van der Waals surface area contributed by atoms with E-state index in [1.165, 1.54) is 12.8 Å². The van der Waals surface area contributed by atoms with Crippen LogP contribution < -0.4 is 5.73 Å². The molecular formula is C10H17N3O. The number of aromatic nitrogens is 2. The minimum Gasteiger partial charge on any atom is -0.387 e. The van der Waals surface area contributed by atoms with Gasteiger partial charge in [-0.15, -0.1) is 0 Å². The predicted molar refractivity (Wildman–Crippen MR) is 53.5 cm³/mol. The Morgan fingerprint density at radius 3 is 2.79 bits per heavy atom. The summed E-state index contributed by atoms with van der Waals surface area (Å²) in [4.78, 5) is 0. The smallest absolute Gasteiger partial charge is 0.0973 e. The molecule has 0 bridgehead atoms. The molecule has 0 aliphatic heterocycles. The summed E-state index contributed by atoms with van der Waals surface area (Å²) in [5.74, 6) is 0.472. The number of rotatable bonds is 3. The highest BCUT2D eigenvalue weighted by atomic mass is 16.3. The van der Waals surface area contributed by atoms with Gasteiger partial charge in [0.05, 0.1) is 12.3 Å². The lowest BCUT2D eigenvalue weighted by atomic mass is 9.92. The number of nitrogens with one attached hydrogen (secondary N) is 1. The SMILES string of the molecule is NC(C1CCCC1)C(O)c1cn[nH]c1. The van der Waals surface area contributed by atoms with Gasteiger partial charge in [0.2, 0.25) is 0 Å². The fourth-order valence-electron chi connectivity index (χ4n) is 2.24. The van der Waals surface area contributed by atoms with Gasteiger partial charge in [0, 0.05) is 17.8 Å². The van der Waals surface area contributed by atoms with Crippen molar-refractivity contribution in [2.75, 3.05) is 0 Å². The Balaban J connectivity index is 2.00. The van der Waals surface area contributed by atoms with Gasteiger partial charge in [-0.05, 0) is 18.8 Å². The molecule has 0 amide bonds. The lowest BCUT2D eigenvalue weighted by molar-refractivity contribution is 0.118. The Labute approximate surface area is 83.5 Å². The van der Waals surface area contributed by atoms with Gasteiger partial charge in [-0.2, -0.15) is 5.10 Å². The van der Waals surface area contributed by atoms with E-state index >= 15 is 0 Å². The van der Waals surface area contributed by atoms with Gasteiger partial charge >= 0.3 is 0 Å². The van der Waals surface area contributed by atoms with Gasteiger partial charge in [0.15, 0.2) is 0 Å². The molecule has 2 unspecified atom stereocenters. The van der Waals surface area contributed by atoms with Gasteiger partial charge in [0.25, 0.3) is 0 Å². The summed E-state index contributed by atoms with van der Waals surface area (Å²) in [5, 5.41) is 16.5. The molecule has 1 aromatic rings. The van der Waals surface area contributed by atoms with Crippen molar-refractivity contribution in [3.05, 3.63) is 18.0 Å². The van der Waals surface area contributed by atoms with E-state index in [1.54, 1.807) is 12.4 Å². The molecule has 1 fully saturated rings. The van der Waals surface area contributed by atoms with Crippen molar-refractivity contribution in [1.29, 1.82) is 0 Å². The van der Waals surface area contributed by atoms with Gasteiger partial charge in [0.1, 0.15) is 0 Å². The summed E-state index contributed by atoms with van der Waals surface area (Å²) in [6.07, 6.45) is 7.56. The second-order valence-corrected chi connectivity index (χ2v) is 4.10. The molecule has 2 atom stereocenters. The largest absolute Gasteiger partial charge is 0.387 e. The normalized spacial score (nSPS) is 22.4. The van der Waals surface area contributed by atoms with E-state index in [0.29, 0.717) is 5.92 Å². The van der Waals surface area contributed by atoms with Crippen LogP contribution in [-0.4, -0.2) is 21.3 Å². The maximum absolute atomic E-state index is 9.95. The van der Waals surface area contributed by atoms with Crippen LogP contribution in [0.4, 0.5) is 0 Å². The molecule has 4 heteroatoms. The van der Waals surface area contributed by atoms with Crippen molar-refractivity contribution in [3.63, 3.8) is 0 Å². The number of aliphatic hydroxyl groups is 1. The molecule has 1 aromatic heterocycles. The van der Waals surface area contributed by atoms with Crippen LogP contribution in [0, 0.1) is 5.92 Å². The molecule has 2 rings (SSSR count). The van der Waals surface area contributed by atoms with Crippen LogP contribution >= 0.6 is 0 Å². The van der Waals surface area contributed by atoms with Crippen LogP contribution in [0.1, 0.15) is 37.4 Å². The first-order valence-corrected chi connectivity index (χ1v) is 5.21. The van der Waals surface area contributed by atoms with Crippen LogP contribution in [0.3, 0.4) is 0 Å². The second-order valence-electron chi connectivity index (χ2n) is 4.10. The van der Waals surface area contributed by atoms with Gasteiger partial charge in [-0.1, -0.05) is 12.8 Å². The zero-order valence-corrected chi connectivity index (χ0v) is 8.19. The summed E-state index contributed by atoms with van der Waals surface area (Å²) in [5.41, 5.74) is 6.82. The molecule has 1 aliphatic carbocycles. The molecule has 0 saturated heterocycles. The van der Waals surface area contributed by atoms with Gasteiger partial charge in [-0.3, -0.25) is 5.10 Å². The van der Waals surface area contributed by atoms with Crippen LogP contribution in [0.2, 0.25) is 0 Å². The minimum atomic E-state index is -0.572. The van der Waals surface area contributed by atoms with Crippen LogP contribution in [0.15, 0.2) is 12.4 Å². The average Bonchev–Trinajstić information content (AvgIpc) is 2.87. The first-order chi connectivity index (χ1) is 6.79. The van der Waals surface area contributed by atoms with Crippen molar-refractivity contribution in [2.45, 2.75) is 37.8 Å². The molecule has 14 heavy (non-hydrogen) atoms. The molecule has 1 aliphatic rings. The molecule has 1 heterocycles. The number of aliphatic hydroxyl groups excluding tert-OH is 1. The molecule has 0 spiro atoms. The van der Waals surface area contributed by atoms with E-state index in [2.05, 4.69) is 10.2 Å². The topological polar surface area (TPSA) is 74.9 Å². The van der Waals surface area contributed by atoms with Crippen molar-refractivity contribution >= 4 is 0 Å². The highest BCUT2D eigenvalue weighted by molar-refractivity contribution is 5.10. The summed E-state index contributed by atoms with van der Waals surface area (Å²) in [6.45, 7) is 0. The van der Waals surface area contributed by atoms with Crippen molar-refractivity contribution in [2.24, 2.45) is 11.7 Å². The first-order valence-electron chi connectivity index (χ1n) is 5.21. The molecule has 0 aromatic carbocycles. The van der Waals surface area contributed by atoms with E-state index < -0.39 is 6.10 Å². The molecule has 1 saturated carbocycles. The number of H-pyrrole nitrogens is 1. The Morgan fingerprint density at radius 2 is 2.21 bits per heavy atom. The first kappa shape index (κ1) is 9.68. The fourth-order valence-corrected chi connectivity index (χ4v) is 2.24. The molecule has 4 nitrogen and oxygen atoms in total. The Morgan fingerprint density at radius 1 is 1.50 bits per heavy atom. The van der Waals surface area contributed by atoms with Gasteiger partial charge < -0.3 is 10.8 Å². The summed E-state index contributed by atoms with van der Waals surface area (Å²) < 4.78 is 0. The van der Waals surface area contributed by atoms with Crippen molar-refractivity contribution in [1.82, 2.24) is 10.2 Å². The molecule has 0 radical (unpaired) electrons. The summed E-state index contributed by atoms with van der Waals surface area (Å²) in [7, 11) is 0. The number of aromatic amines is 1. The van der Waals surface area contributed by atoms with Crippen LogP contribution in [0.25, 0.3) is 0 Å². The highest BCUT2D eigenvalue weighted by Crippen LogP contribution is 2.31. The van der Waals surface area contributed by atoms with Crippen LogP contribution in [-0.2, 0) is 0 Å². The lowest BCUT2D eigenvalue weighted by Gasteiger charge is -2.23. The van der Waals surface area contributed by atoms with Crippen LogP contribution in [0.5, 0.6) is 0 Å². The zero-order valence-electron chi connectivity index (χ0n) is 8.19. The monoisotopic (exact) mass is 195 g/mol. The van der Waals surface area contributed by atoms with E-state index in [0.717, 1.165) is 18.4 Å². The Kier molecular flexibility index (Phi) is 2.84. The third kappa shape index (κ3) is 1.81.